The Kier molecular flexibility index (Phi) is 5.52. The van der Waals surface area contributed by atoms with Crippen LogP contribution in [0.25, 0.3) is 0 Å². The molecule has 3 nitrogen and oxygen atoms in total. The number of alkyl halides is 2. The van der Waals surface area contributed by atoms with Gasteiger partial charge in [-0.1, -0.05) is 15.9 Å². The Morgan fingerprint density at radius 2 is 2.29 bits per heavy atom. The van der Waals surface area contributed by atoms with Crippen LogP contribution >= 0.6 is 15.9 Å². The number of halogens is 3. The summed E-state index contributed by atoms with van der Waals surface area (Å²) < 4.78 is 26.6. The first kappa shape index (κ1) is 14.6. The van der Waals surface area contributed by atoms with Gasteiger partial charge in [0.05, 0.1) is 12.1 Å². The van der Waals surface area contributed by atoms with Crippen molar-refractivity contribution in [2.75, 3.05) is 13.6 Å². The third-order valence-electron chi connectivity index (χ3n) is 3.03. The smallest absolute Gasteiger partial charge is 0.253 e. The highest BCUT2D eigenvalue weighted by molar-refractivity contribution is 9.11. The van der Waals surface area contributed by atoms with Gasteiger partial charge in [-0.2, -0.15) is 5.10 Å². The second kappa shape index (κ2) is 6.44. The zero-order chi connectivity index (χ0) is 13.0. The normalized spacial score (nSPS) is 27.3. The van der Waals surface area contributed by atoms with Crippen molar-refractivity contribution < 1.29 is 8.78 Å². The highest BCUT2D eigenvalue weighted by atomic mass is 79.9. The van der Waals surface area contributed by atoms with E-state index in [1.807, 2.05) is 6.92 Å². The molecule has 0 bridgehead atoms. The summed E-state index contributed by atoms with van der Waals surface area (Å²) in [6.07, 6.45) is 0.689. The van der Waals surface area contributed by atoms with Crippen molar-refractivity contribution in [2.45, 2.75) is 38.3 Å². The lowest BCUT2D eigenvalue weighted by Gasteiger charge is -2.39. The molecule has 2 unspecified atom stereocenters. The van der Waals surface area contributed by atoms with Gasteiger partial charge >= 0.3 is 0 Å². The number of hydrogen-bond acceptors (Lipinski definition) is 3. The van der Waals surface area contributed by atoms with Crippen LogP contribution in [0.1, 0.15) is 19.8 Å². The van der Waals surface area contributed by atoms with Crippen LogP contribution in [-0.2, 0) is 0 Å². The summed E-state index contributed by atoms with van der Waals surface area (Å²) in [6, 6.07) is -0.697. The third-order valence-corrected chi connectivity index (χ3v) is 3.24. The van der Waals surface area contributed by atoms with Crippen LogP contribution in [0.3, 0.4) is 0 Å². The van der Waals surface area contributed by atoms with Gasteiger partial charge in [0.2, 0.25) is 0 Å². The maximum atomic E-state index is 12.8. The molecule has 0 aromatic carbocycles. The molecular weight excluding hydrogens is 292 g/mol. The van der Waals surface area contributed by atoms with E-state index in [0.717, 1.165) is 10.9 Å². The van der Waals surface area contributed by atoms with Gasteiger partial charge in [-0.25, -0.2) is 8.78 Å². The van der Waals surface area contributed by atoms with Gasteiger partial charge in [-0.05, 0) is 26.8 Å². The van der Waals surface area contributed by atoms with E-state index < -0.39 is 12.5 Å². The zero-order valence-electron chi connectivity index (χ0n) is 10.1. The number of nitrogens with zero attached hydrogens (tertiary/aromatic N) is 3. The van der Waals surface area contributed by atoms with Crippen LogP contribution in [0.5, 0.6) is 0 Å². The standard InChI is InChI=1S/C11H18BrF2N3/c1-8(12)7-17(15-2)9-4-5-16(3)10(6-9)11(13)14/h7,9-11H,2,4-6H2,1,3H3/b8-7+. The topological polar surface area (TPSA) is 18.8 Å². The van der Waals surface area contributed by atoms with Gasteiger partial charge < -0.3 is 0 Å². The van der Waals surface area contributed by atoms with Crippen molar-refractivity contribution >= 4 is 22.6 Å². The number of likely N-dealkylation sites (tertiary alicyclic amines) is 1. The number of hydrogen-bond donors (Lipinski definition) is 0. The summed E-state index contributed by atoms with van der Waals surface area (Å²) in [5.41, 5.74) is 0. The number of piperidine rings is 1. The summed E-state index contributed by atoms with van der Waals surface area (Å²) in [5, 5.41) is 5.56. The summed E-state index contributed by atoms with van der Waals surface area (Å²) >= 11 is 3.31. The van der Waals surface area contributed by atoms with E-state index in [4.69, 9.17) is 0 Å². The van der Waals surface area contributed by atoms with Crippen molar-refractivity contribution in [1.29, 1.82) is 0 Å². The number of rotatable bonds is 4. The van der Waals surface area contributed by atoms with Gasteiger partial charge in [0.15, 0.2) is 0 Å². The molecule has 1 fully saturated rings. The van der Waals surface area contributed by atoms with Crippen LogP contribution in [-0.4, -0.2) is 48.7 Å². The van der Waals surface area contributed by atoms with Crippen molar-refractivity contribution in [3.63, 3.8) is 0 Å². The van der Waals surface area contributed by atoms with Crippen molar-refractivity contribution in [3.8, 4) is 0 Å². The summed E-state index contributed by atoms with van der Waals surface area (Å²) in [4.78, 5) is 1.72. The van der Waals surface area contributed by atoms with Crippen LogP contribution in [0.2, 0.25) is 0 Å². The van der Waals surface area contributed by atoms with Gasteiger partial charge in [-0.3, -0.25) is 9.91 Å². The van der Waals surface area contributed by atoms with E-state index in [2.05, 4.69) is 27.7 Å². The fraction of sp³-hybridized carbons (Fsp3) is 0.727. The first-order valence-electron chi connectivity index (χ1n) is 5.53. The summed E-state index contributed by atoms with van der Waals surface area (Å²) in [5.74, 6) is 0. The Morgan fingerprint density at radius 1 is 1.65 bits per heavy atom. The molecule has 0 amide bonds. The first-order valence-corrected chi connectivity index (χ1v) is 6.32. The van der Waals surface area contributed by atoms with Gasteiger partial charge in [0.25, 0.3) is 6.43 Å². The molecule has 1 aliphatic heterocycles. The van der Waals surface area contributed by atoms with E-state index in [1.54, 1.807) is 23.2 Å². The van der Waals surface area contributed by atoms with Crippen molar-refractivity contribution in [1.82, 2.24) is 9.91 Å². The molecule has 1 aliphatic rings. The monoisotopic (exact) mass is 309 g/mol. The molecule has 0 saturated carbocycles. The van der Waals surface area contributed by atoms with Crippen LogP contribution in [0.15, 0.2) is 15.8 Å². The highest BCUT2D eigenvalue weighted by Gasteiger charge is 2.34. The number of allylic oxidation sites excluding steroid dienone is 1. The fourth-order valence-electron chi connectivity index (χ4n) is 2.07. The van der Waals surface area contributed by atoms with Gasteiger partial charge in [0, 0.05) is 23.9 Å². The molecule has 1 saturated heterocycles. The Balaban J connectivity index is 2.72. The quantitative estimate of drug-likeness (QED) is 0.587. The largest absolute Gasteiger partial charge is 0.298 e. The average molecular weight is 310 g/mol. The van der Waals surface area contributed by atoms with E-state index in [-0.39, 0.29) is 6.04 Å². The predicted molar refractivity (Wildman–Crippen MR) is 69.5 cm³/mol. The second-order valence-electron chi connectivity index (χ2n) is 4.30. The fourth-order valence-corrected chi connectivity index (χ4v) is 2.28. The lowest BCUT2D eigenvalue weighted by molar-refractivity contribution is -0.00402. The van der Waals surface area contributed by atoms with Crippen LogP contribution in [0, 0.1) is 0 Å². The predicted octanol–water partition coefficient (Wildman–Crippen LogP) is 2.89. The molecule has 1 heterocycles. The van der Waals surface area contributed by atoms with E-state index >= 15 is 0 Å². The molecule has 1 rings (SSSR count). The van der Waals surface area contributed by atoms with Crippen molar-refractivity contribution in [2.24, 2.45) is 5.10 Å². The first-order chi connectivity index (χ1) is 7.95. The van der Waals surface area contributed by atoms with E-state index in [1.165, 1.54) is 0 Å². The minimum Gasteiger partial charge on any atom is -0.298 e. The van der Waals surface area contributed by atoms with Gasteiger partial charge in [-0.15, -0.1) is 0 Å². The molecule has 0 N–H and O–H groups in total. The molecule has 0 spiro atoms. The Bertz CT molecular complexity index is 292. The molecule has 98 valence electrons. The zero-order valence-corrected chi connectivity index (χ0v) is 11.7. The molecule has 0 aromatic rings. The Morgan fingerprint density at radius 3 is 2.76 bits per heavy atom. The molecule has 0 aromatic heterocycles. The van der Waals surface area contributed by atoms with Crippen LogP contribution < -0.4 is 0 Å². The molecule has 2 atom stereocenters. The third kappa shape index (κ3) is 4.03. The van der Waals surface area contributed by atoms with E-state index in [0.29, 0.717) is 13.0 Å². The molecule has 0 radical (unpaired) electrons. The Hall–Kier alpha value is -0.490. The lowest BCUT2D eigenvalue weighted by Crippen LogP contribution is -2.49. The SMILES string of the molecule is C=NN(/C=C(\C)Br)C1CCN(C)C(C(F)F)C1. The van der Waals surface area contributed by atoms with Crippen molar-refractivity contribution in [3.05, 3.63) is 10.7 Å². The summed E-state index contributed by atoms with van der Waals surface area (Å²) in [6.45, 7) is 6.01. The lowest BCUT2D eigenvalue weighted by atomic mass is 9.97. The minimum absolute atomic E-state index is 0.00444. The molecule has 0 aliphatic carbocycles. The number of hydrazone groups is 1. The second-order valence-corrected chi connectivity index (χ2v) is 5.55. The highest BCUT2D eigenvalue weighted by Crippen LogP contribution is 2.25. The Labute approximate surface area is 109 Å². The minimum atomic E-state index is -2.32. The summed E-state index contributed by atoms with van der Waals surface area (Å²) in [7, 11) is 1.74. The molecule has 17 heavy (non-hydrogen) atoms. The molecular formula is C11H18BrF2N3. The maximum Gasteiger partial charge on any atom is 0.253 e. The maximum absolute atomic E-state index is 12.8. The molecule has 6 heteroatoms. The van der Waals surface area contributed by atoms with E-state index in [9.17, 15) is 8.78 Å². The van der Waals surface area contributed by atoms with Crippen LogP contribution in [0.4, 0.5) is 8.78 Å². The average Bonchev–Trinajstić information content (AvgIpc) is 2.26. The van der Waals surface area contributed by atoms with Gasteiger partial charge in [0.1, 0.15) is 0 Å².